The zero-order valence-electron chi connectivity index (χ0n) is 7.66. The summed E-state index contributed by atoms with van der Waals surface area (Å²) in [5.74, 6) is 0.879. The predicted octanol–water partition coefficient (Wildman–Crippen LogP) is 2.72. The molecule has 0 heterocycles. The fraction of sp³-hybridized carbons (Fsp3) is 1.00. The lowest BCUT2D eigenvalue weighted by Gasteiger charge is -2.07. The summed E-state index contributed by atoms with van der Waals surface area (Å²) in [6.45, 7) is 0.792. The van der Waals surface area contributed by atoms with Crippen LogP contribution in [-0.4, -0.2) is 19.3 Å². The lowest BCUT2D eigenvalue weighted by molar-refractivity contribution is -0.133. The molecule has 1 rings (SSSR count). The van der Waals surface area contributed by atoms with Crippen molar-refractivity contribution in [3.05, 3.63) is 0 Å². The molecule has 0 unspecified atom stereocenters. The van der Waals surface area contributed by atoms with E-state index >= 15 is 0 Å². The molecule has 0 bridgehead atoms. The van der Waals surface area contributed by atoms with Gasteiger partial charge in [-0.1, -0.05) is 12.8 Å². The summed E-state index contributed by atoms with van der Waals surface area (Å²) in [6, 6.07) is 0. The van der Waals surface area contributed by atoms with E-state index in [0.29, 0.717) is 0 Å². The van der Waals surface area contributed by atoms with Crippen molar-refractivity contribution >= 4 is 0 Å². The third-order valence-electron chi connectivity index (χ3n) is 2.25. The highest BCUT2D eigenvalue weighted by atomic mass is 19.4. The van der Waals surface area contributed by atoms with Crippen molar-refractivity contribution in [2.45, 2.75) is 38.3 Å². The van der Waals surface area contributed by atoms with E-state index in [1.54, 1.807) is 0 Å². The Morgan fingerprint density at radius 3 is 2.38 bits per heavy atom. The summed E-state index contributed by atoms with van der Waals surface area (Å²) in [7, 11) is 0. The Labute approximate surface area is 76.7 Å². The van der Waals surface area contributed by atoms with Crippen molar-refractivity contribution in [3.8, 4) is 0 Å². The van der Waals surface area contributed by atoms with Gasteiger partial charge < -0.3 is 5.32 Å². The smallest absolute Gasteiger partial charge is 0.316 e. The van der Waals surface area contributed by atoms with Crippen LogP contribution in [0.5, 0.6) is 0 Å². The molecule has 0 aliphatic heterocycles. The van der Waals surface area contributed by atoms with Crippen molar-refractivity contribution < 1.29 is 13.2 Å². The molecule has 0 saturated heterocycles. The minimum atomic E-state index is -4.01. The molecular formula is C9H16F3N. The second-order valence-electron chi connectivity index (χ2n) is 3.70. The molecule has 78 valence electrons. The standard InChI is InChI=1S/C9H16F3N/c10-9(11,12)5-7-13-6-1-2-8-3-4-8/h8,13H,1-7H2. The van der Waals surface area contributed by atoms with Gasteiger partial charge in [-0.3, -0.25) is 0 Å². The largest absolute Gasteiger partial charge is 0.390 e. The molecule has 0 atom stereocenters. The molecule has 0 aromatic rings. The molecule has 4 heteroatoms. The number of hydrogen-bond donors (Lipinski definition) is 1. The minimum absolute atomic E-state index is 0.0637. The highest BCUT2D eigenvalue weighted by Crippen LogP contribution is 2.33. The lowest BCUT2D eigenvalue weighted by atomic mass is 10.2. The summed E-state index contributed by atoms with van der Waals surface area (Å²) in [4.78, 5) is 0. The van der Waals surface area contributed by atoms with E-state index in [1.165, 1.54) is 19.3 Å². The Kier molecular flexibility index (Phi) is 4.03. The van der Waals surface area contributed by atoms with Crippen LogP contribution >= 0.6 is 0 Å². The zero-order chi connectivity index (χ0) is 9.73. The summed E-state index contributed by atoms with van der Waals surface area (Å²) >= 11 is 0. The van der Waals surface area contributed by atoms with Crippen LogP contribution in [0.15, 0.2) is 0 Å². The van der Waals surface area contributed by atoms with Gasteiger partial charge in [0.25, 0.3) is 0 Å². The van der Waals surface area contributed by atoms with Crippen LogP contribution in [0.1, 0.15) is 32.1 Å². The summed E-state index contributed by atoms with van der Waals surface area (Å²) in [5, 5.41) is 2.81. The highest BCUT2D eigenvalue weighted by Gasteiger charge is 2.26. The van der Waals surface area contributed by atoms with E-state index in [2.05, 4.69) is 5.32 Å². The third-order valence-corrected chi connectivity index (χ3v) is 2.25. The van der Waals surface area contributed by atoms with Crippen molar-refractivity contribution in [2.24, 2.45) is 5.92 Å². The van der Waals surface area contributed by atoms with Crippen molar-refractivity contribution in [1.29, 1.82) is 0 Å². The number of alkyl halides is 3. The number of rotatable bonds is 6. The van der Waals surface area contributed by atoms with Gasteiger partial charge in [0, 0.05) is 6.54 Å². The Bertz CT molecular complexity index is 140. The average molecular weight is 195 g/mol. The summed E-state index contributed by atoms with van der Waals surface area (Å²) in [6.07, 6.45) is 0.118. The summed E-state index contributed by atoms with van der Waals surface area (Å²) in [5.41, 5.74) is 0. The number of hydrogen-bond acceptors (Lipinski definition) is 1. The predicted molar refractivity (Wildman–Crippen MR) is 45.5 cm³/mol. The molecule has 1 aliphatic rings. The molecule has 13 heavy (non-hydrogen) atoms. The van der Waals surface area contributed by atoms with Gasteiger partial charge >= 0.3 is 6.18 Å². The van der Waals surface area contributed by atoms with Crippen LogP contribution in [0.3, 0.4) is 0 Å². The SMILES string of the molecule is FC(F)(F)CCNCCCC1CC1. The van der Waals surface area contributed by atoms with E-state index < -0.39 is 12.6 Å². The minimum Gasteiger partial charge on any atom is -0.316 e. The Hall–Kier alpha value is -0.250. The van der Waals surface area contributed by atoms with E-state index in [1.807, 2.05) is 0 Å². The van der Waals surface area contributed by atoms with E-state index in [9.17, 15) is 13.2 Å². The van der Waals surface area contributed by atoms with Crippen LogP contribution in [0.25, 0.3) is 0 Å². The van der Waals surface area contributed by atoms with Gasteiger partial charge in [0.1, 0.15) is 0 Å². The second-order valence-corrected chi connectivity index (χ2v) is 3.70. The van der Waals surface area contributed by atoms with Gasteiger partial charge in [-0.05, 0) is 25.3 Å². The van der Waals surface area contributed by atoms with E-state index in [-0.39, 0.29) is 6.54 Å². The van der Waals surface area contributed by atoms with Gasteiger partial charge in [0.05, 0.1) is 6.42 Å². The van der Waals surface area contributed by atoms with Crippen LogP contribution in [-0.2, 0) is 0 Å². The first-order valence-electron chi connectivity index (χ1n) is 4.85. The quantitative estimate of drug-likeness (QED) is 0.642. The molecule has 1 aliphatic carbocycles. The van der Waals surface area contributed by atoms with Gasteiger partial charge in [-0.25, -0.2) is 0 Å². The van der Waals surface area contributed by atoms with Crippen molar-refractivity contribution in [3.63, 3.8) is 0 Å². The van der Waals surface area contributed by atoms with Crippen molar-refractivity contribution in [2.75, 3.05) is 13.1 Å². The topological polar surface area (TPSA) is 12.0 Å². The molecule has 0 spiro atoms. The monoisotopic (exact) mass is 195 g/mol. The zero-order valence-corrected chi connectivity index (χ0v) is 7.66. The van der Waals surface area contributed by atoms with Crippen molar-refractivity contribution in [1.82, 2.24) is 5.32 Å². The maximum Gasteiger partial charge on any atom is 0.390 e. The average Bonchev–Trinajstić information content (AvgIpc) is 2.77. The first kappa shape index (κ1) is 10.8. The molecule has 1 N–H and O–H groups in total. The van der Waals surface area contributed by atoms with Crippen LogP contribution in [0.4, 0.5) is 13.2 Å². The summed E-state index contributed by atoms with van der Waals surface area (Å²) < 4.78 is 35.0. The molecule has 0 aromatic heterocycles. The van der Waals surface area contributed by atoms with Crippen LogP contribution < -0.4 is 5.32 Å². The van der Waals surface area contributed by atoms with Crippen LogP contribution in [0, 0.1) is 5.92 Å². The molecule has 1 saturated carbocycles. The molecule has 0 radical (unpaired) electrons. The van der Waals surface area contributed by atoms with Crippen LogP contribution in [0.2, 0.25) is 0 Å². The fourth-order valence-corrected chi connectivity index (χ4v) is 1.28. The number of halogens is 3. The molecule has 1 nitrogen and oxygen atoms in total. The maximum absolute atomic E-state index is 11.7. The van der Waals surface area contributed by atoms with Gasteiger partial charge in [0.2, 0.25) is 0 Å². The second kappa shape index (κ2) is 4.84. The Morgan fingerprint density at radius 1 is 1.15 bits per heavy atom. The van der Waals surface area contributed by atoms with Gasteiger partial charge in [-0.15, -0.1) is 0 Å². The maximum atomic E-state index is 11.7. The third kappa shape index (κ3) is 6.87. The Morgan fingerprint density at radius 2 is 1.85 bits per heavy atom. The number of nitrogens with one attached hydrogen (secondary N) is 1. The first-order chi connectivity index (χ1) is 6.08. The molecular weight excluding hydrogens is 179 g/mol. The normalized spacial score (nSPS) is 17.8. The Balaban J connectivity index is 1.78. The van der Waals surface area contributed by atoms with Gasteiger partial charge in [0.15, 0.2) is 0 Å². The van der Waals surface area contributed by atoms with E-state index in [4.69, 9.17) is 0 Å². The first-order valence-corrected chi connectivity index (χ1v) is 4.85. The van der Waals surface area contributed by atoms with Gasteiger partial charge in [-0.2, -0.15) is 13.2 Å². The highest BCUT2D eigenvalue weighted by molar-refractivity contribution is 4.72. The van der Waals surface area contributed by atoms with E-state index in [0.717, 1.165) is 18.9 Å². The fourth-order valence-electron chi connectivity index (χ4n) is 1.28. The molecule has 0 aromatic carbocycles. The molecule has 0 amide bonds. The lowest BCUT2D eigenvalue weighted by Crippen LogP contribution is -2.22. The molecule has 1 fully saturated rings.